The zero-order valence-electron chi connectivity index (χ0n) is 19.6. The maximum atomic E-state index is 14.1. The van der Waals surface area contributed by atoms with E-state index in [9.17, 15) is 30.0 Å². The van der Waals surface area contributed by atoms with Crippen LogP contribution in [0.4, 0.5) is 13.2 Å². The molecule has 0 saturated carbocycles. The highest BCUT2D eigenvalue weighted by atomic mass is 32.2. The average molecular weight is 550 g/mol. The Bertz CT molecular complexity index is 1470. The van der Waals surface area contributed by atoms with Crippen LogP contribution in [-0.2, 0) is 20.1 Å². The van der Waals surface area contributed by atoms with Gasteiger partial charge >= 0.3 is 15.6 Å². The van der Waals surface area contributed by atoms with E-state index in [1.165, 1.54) is 30.3 Å². The third-order valence-corrected chi connectivity index (χ3v) is 12.2. The number of para-hydroxylation sites is 1. The molecule has 0 fully saturated rings. The zero-order chi connectivity index (χ0) is 25.9. The normalized spacial score (nSPS) is 13.9. The van der Waals surface area contributed by atoms with Gasteiger partial charge in [0.15, 0.2) is 5.75 Å². The molecule has 6 nitrogen and oxygen atoms in total. The smallest absolute Gasteiger partial charge is 0.374 e. The van der Waals surface area contributed by atoms with Crippen LogP contribution in [0.2, 0.25) is 39.3 Å². The Morgan fingerprint density at radius 3 is 1.85 bits per heavy atom. The predicted octanol–water partition coefficient (Wildman–Crippen LogP) is 4.20. The Hall–Kier alpha value is -2.10. The molecule has 0 aliphatic carbocycles. The van der Waals surface area contributed by atoms with Crippen molar-refractivity contribution in [1.29, 1.82) is 0 Å². The Morgan fingerprint density at radius 2 is 1.32 bits per heavy atom. The van der Waals surface area contributed by atoms with Crippen molar-refractivity contribution in [2.75, 3.05) is 0 Å². The van der Waals surface area contributed by atoms with Crippen LogP contribution in [0.5, 0.6) is 5.75 Å². The minimum absolute atomic E-state index is 0.0261. The van der Waals surface area contributed by atoms with Crippen LogP contribution >= 0.6 is 0 Å². The van der Waals surface area contributed by atoms with Crippen molar-refractivity contribution >= 4 is 57.7 Å². The van der Waals surface area contributed by atoms with E-state index in [4.69, 9.17) is 0 Å². The summed E-state index contributed by atoms with van der Waals surface area (Å²) >= 11 is 0. The topological polar surface area (TPSA) is 82.4 Å². The molecule has 0 N–H and O–H groups in total. The summed E-state index contributed by atoms with van der Waals surface area (Å²) in [5.41, 5.74) is -5.62. The van der Waals surface area contributed by atoms with Gasteiger partial charge in [0.05, 0.1) is 23.8 Å². The van der Waals surface area contributed by atoms with E-state index in [1.54, 1.807) is 37.8 Å². The number of halogens is 3. The molecule has 13 heteroatoms. The molecule has 0 aliphatic rings. The fourth-order valence-electron chi connectivity index (χ4n) is 3.73. The van der Waals surface area contributed by atoms with E-state index in [0.717, 1.165) is 3.97 Å². The van der Waals surface area contributed by atoms with Gasteiger partial charge < -0.3 is 4.18 Å². The fourth-order valence-corrected chi connectivity index (χ4v) is 11.3. The standard InChI is InChI=1S/C21H26F3NO5S2Si2/c1-33(2,3)18-14-10-9-13-17(18)31(26,27)25-16-12-8-7-11-15(16)19(20(25)34(4,5)6)30-32(28,29)21(22,23)24/h7-14H,1-6H3. The maximum absolute atomic E-state index is 14.1. The van der Waals surface area contributed by atoms with Gasteiger partial charge in [0.1, 0.15) is 8.07 Å². The highest BCUT2D eigenvalue weighted by Crippen LogP contribution is 2.35. The van der Waals surface area contributed by atoms with Crippen molar-refractivity contribution in [2.45, 2.75) is 49.7 Å². The molecule has 0 unspecified atom stereocenters. The van der Waals surface area contributed by atoms with E-state index >= 15 is 0 Å². The number of alkyl halides is 3. The van der Waals surface area contributed by atoms with Crippen LogP contribution in [0.15, 0.2) is 53.4 Å². The second-order valence-electron chi connectivity index (χ2n) is 9.94. The number of hydrogen-bond donors (Lipinski definition) is 0. The summed E-state index contributed by atoms with van der Waals surface area (Å²) in [7, 11) is -15.4. The summed E-state index contributed by atoms with van der Waals surface area (Å²) in [6.07, 6.45) is 0. The van der Waals surface area contributed by atoms with Gasteiger partial charge in [-0.2, -0.15) is 21.6 Å². The van der Waals surface area contributed by atoms with Crippen LogP contribution in [0.3, 0.4) is 0 Å². The van der Waals surface area contributed by atoms with Gasteiger partial charge in [0.25, 0.3) is 10.0 Å². The molecule has 0 bridgehead atoms. The van der Waals surface area contributed by atoms with Crippen molar-refractivity contribution in [1.82, 2.24) is 3.97 Å². The lowest BCUT2D eigenvalue weighted by atomic mass is 10.2. The first kappa shape index (κ1) is 26.5. The van der Waals surface area contributed by atoms with E-state index in [0.29, 0.717) is 5.19 Å². The summed E-state index contributed by atoms with van der Waals surface area (Å²) in [5, 5.41) is 0.563. The van der Waals surface area contributed by atoms with Crippen molar-refractivity contribution in [3.63, 3.8) is 0 Å². The average Bonchev–Trinajstić information content (AvgIpc) is 3.01. The largest absolute Gasteiger partial charge is 0.534 e. The Labute approximate surface area is 199 Å². The lowest BCUT2D eigenvalue weighted by Crippen LogP contribution is -2.48. The lowest BCUT2D eigenvalue weighted by molar-refractivity contribution is -0.0499. The lowest BCUT2D eigenvalue weighted by Gasteiger charge is -2.25. The molecular formula is C21H26F3NO5S2Si2. The van der Waals surface area contributed by atoms with Crippen LogP contribution in [-0.4, -0.2) is 42.5 Å². The summed E-state index contributed by atoms with van der Waals surface area (Å²) < 4.78 is 97.5. The molecule has 0 radical (unpaired) electrons. The summed E-state index contributed by atoms with van der Waals surface area (Å²) in [5.74, 6) is -0.596. The summed E-state index contributed by atoms with van der Waals surface area (Å²) in [4.78, 5) is 0.0413. The van der Waals surface area contributed by atoms with Crippen LogP contribution in [0, 0.1) is 0 Å². The minimum atomic E-state index is -6.03. The first-order chi connectivity index (χ1) is 15.3. The number of rotatable bonds is 6. The highest BCUT2D eigenvalue weighted by molar-refractivity contribution is 7.90. The maximum Gasteiger partial charge on any atom is 0.534 e. The molecule has 0 spiro atoms. The molecule has 34 heavy (non-hydrogen) atoms. The zero-order valence-corrected chi connectivity index (χ0v) is 23.2. The molecule has 0 amide bonds. The van der Waals surface area contributed by atoms with Crippen molar-refractivity contribution in [2.24, 2.45) is 0 Å². The van der Waals surface area contributed by atoms with Crippen molar-refractivity contribution in [3.05, 3.63) is 48.5 Å². The Morgan fingerprint density at radius 1 is 0.794 bits per heavy atom. The minimum Gasteiger partial charge on any atom is -0.374 e. The number of nitrogens with zero attached hydrogens (tertiary/aromatic N) is 1. The van der Waals surface area contributed by atoms with E-state index < -0.39 is 47.5 Å². The molecule has 0 saturated heterocycles. The monoisotopic (exact) mass is 549 g/mol. The second kappa shape index (κ2) is 8.24. The third kappa shape index (κ3) is 4.57. The van der Waals surface area contributed by atoms with E-state index in [-0.39, 0.29) is 21.1 Å². The van der Waals surface area contributed by atoms with Gasteiger partial charge in [-0.1, -0.05) is 69.6 Å². The van der Waals surface area contributed by atoms with Crippen molar-refractivity contribution in [3.8, 4) is 5.75 Å². The first-order valence-corrected chi connectivity index (χ1v) is 20.1. The van der Waals surface area contributed by atoms with Gasteiger partial charge in [0, 0.05) is 5.39 Å². The molecule has 2 aromatic carbocycles. The van der Waals surface area contributed by atoms with Crippen LogP contribution in [0.25, 0.3) is 10.9 Å². The van der Waals surface area contributed by atoms with Gasteiger partial charge in [-0.15, -0.1) is 0 Å². The summed E-state index contributed by atoms with van der Waals surface area (Å²) in [6.45, 7) is 11.1. The second-order valence-corrected chi connectivity index (χ2v) is 23.2. The molecule has 3 aromatic rings. The van der Waals surface area contributed by atoms with Gasteiger partial charge in [-0.3, -0.25) is 0 Å². The molecule has 3 rings (SSSR count). The SMILES string of the molecule is C[Si](C)(C)c1ccccc1S(=O)(=O)n1c([Si](C)(C)C)c(OS(=O)(=O)C(F)(F)F)c2ccccc21. The first-order valence-electron chi connectivity index (χ1n) is 10.3. The van der Waals surface area contributed by atoms with Gasteiger partial charge in [-0.25, -0.2) is 12.4 Å². The molecule has 0 aliphatic heterocycles. The Balaban J connectivity index is 2.50. The molecule has 0 atom stereocenters. The van der Waals surface area contributed by atoms with Gasteiger partial charge in [-0.05, 0) is 23.4 Å². The molecular weight excluding hydrogens is 524 g/mol. The predicted molar refractivity (Wildman–Crippen MR) is 133 cm³/mol. The fraction of sp³-hybridized carbons (Fsp3) is 0.333. The van der Waals surface area contributed by atoms with Crippen LogP contribution < -0.4 is 14.7 Å². The summed E-state index contributed by atoms with van der Waals surface area (Å²) in [6, 6.07) is 12.3. The number of fused-ring (bicyclic) bond motifs is 1. The van der Waals surface area contributed by atoms with Crippen LogP contribution in [0.1, 0.15) is 0 Å². The number of hydrogen-bond acceptors (Lipinski definition) is 5. The van der Waals surface area contributed by atoms with E-state index in [2.05, 4.69) is 4.18 Å². The molecule has 186 valence electrons. The third-order valence-electron chi connectivity index (χ3n) is 5.19. The molecule has 1 aromatic heterocycles. The molecule has 1 heterocycles. The number of aromatic nitrogens is 1. The Kier molecular flexibility index (Phi) is 6.43. The number of benzene rings is 2. The van der Waals surface area contributed by atoms with E-state index in [1.807, 2.05) is 19.6 Å². The van der Waals surface area contributed by atoms with Gasteiger partial charge in [0.2, 0.25) is 0 Å². The quantitative estimate of drug-likeness (QED) is 0.262. The van der Waals surface area contributed by atoms with Crippen molar-refractivity contribution < 1.29 is 34.2 Å². The highest BCUT2D eigenvalue weighted by Gasteiger charge is 2.50.